The summed E-state index contributed by atoms with van der Waals surface area (Å²) in [6, 6.07) is 1.82. The molecule has 0 aliphatic rings. The van der Waals surface area contributed by atoms with Crippen molar-refractivity contribution in [2.24, 2.45) is 0 Å². The Morgan fingerprint density at radius 2 is 1.92 bits per heavy atom. The largest absolute Gasteiger partial charge is 0.453 e. The van der Waals surface area contributed by atoms with Gasteiger partial charge < -0.3 is 4.74 Å². The smallest absolute Gasteiger partial charge is 0.413 e. The number of hydrogen-bond acceptors (Lipinski definition) is 4. The van der Waals surface area contributed by atoms with Crippen LogP contribution in [-0.2, 0) is 4.74 Å². The first-order valence-electron chi connectivity index (χ1n) is 3.79. The molecule has 5 heteroatoms. The monoisotopic (exact) mass is 181 g/mol. The van der Waals surface area contributed by atoms with Crippen molar-refractivity contribution in [1.29, 1.82) is 0 Å². The summed E-state index contributed by atoms with van der Waals surface area (Å²) in [7, 11) is 1.29. The maximum Gasteiger partial charge on any atom is 0.413 e. The summed E-state index contributed by atoms with van der Waals surface area (Å²) >= 11 is 0. The minimum atomic E-state index is -0.565. The van der Waals surface area contributed by atoms with Gasteiger partial charge in [-0.2, -0.15) is 0 Å². The van der Waals surface area contributed by atoms with E-state index in [9.17, 15) is 4.79 Å². The van der Waals surface area contributed by atoms with Crippen molar-refractivity contribution in [3.05, 3.63) is 17.5 Å². The SMILES string of the molecule is COC(=O)Nc1nc(C)cc(C)n1. The number of nitrogens with one attached hydrogen (secondary N) is 1. The molecule has 70 valence electrons. The Bertz CT molecular complexity index is 305. The quantitative estimate of drug-likeness (QED) is 0.708. The summed E-state index contributed by atoms with van der Waals surface area (Å²) in [5.41, 5.74) is 1.61. The number of aryl methyl sites for hydroxylation is 2. The lowest BCUT2D eigenvalue weighted by Gasteiger charge is -2.03. The van der Waals surface area contributed by atoms with Crippen molar-refractivity contribution < 1.29 is 9.53 Å². The molecule has 0 radical (unpaired) electrons. The van der Waals surface area contributed by atoms with Crippen LogP contribution in [0.1, 0.15) is 11.4 Å². The molecule has 1 aromatic rings. The molecule has 0 aliphatic carbocycles. The standard InChI is InChI=1S/C8H11N3O2/c1-5-4-6(2)10-7(9-5)11-8(12)13-3/h4H,1-3H3,(H,9,10,11,12). The fourth-order valence-electron chi connectivity index (χ4n) is 0.924. The average Bonchev–Trinajstić information content (AvgIpc) is 2.02. The zero-order valence-corrected chi connectivity index (χ0v) is 7.79. The molecule has 5 nitrogen and oxygen atoms in total. The minimum Gasteiger partial charge on any atom is -0.453 e. The third-order valence-corrected chi connectivity index (χ3v) is 1.38. The molecule has 0 aliphatic heterocycles. The highest BCUT2D eigenvalue weighted by Crippen LogP contribution is 2.03. The molecule has 1 rings (SSSR count). The van der Waals surface area contributed by atoms with Crippen molar-refractivity contribution in [3.8, 4) is 0 Å². The lowest BCUT2D eigenvalue weighted by Crippen LogP contribution is -2.14. The van der Waals surface area contributed by atoms with Crippen LogP contribution in [0.25, 0.3) is 0 Å². The number of anilines is 1. The fourth-order valence-corrected chi connectivity index (χ4v) is 0.924. The molecule has 1 amide bonds. The van der Waals surface area contributed by atoms with Gasteiger partial charge in [0, 0.05) is 11.4 Å². The predicted molar refractivity (Wildman–Crippen MR) is 47.5 cm³/mol. The van der Waals surface area contributed by atoms with Gasteiger partial charge in [0.1, 0.15) is 0 Å². The van der Waals surface area contributed by atoms with Crippen molar-refractivity contribution >= 4 is 12.0 Å². The van der Waals surface area contributed by atoms with Gasteiger partial charge in [-0.05, 0) is 19.9 Å². The van der Waals surface area contributed by atoms with Crippen molar-refractivity contribution in [3.63, 3.8) is 0 Å². The third kappa shape index (κ3) is 2.70. The average molecular weight is 181 g/mol. The molecule has 1 N–H and O–H groups in total. The summed E-state index contributed by atoms with van der Waals surface area (Å²) in [4.78, 5) is 18.8. The Balaban J connectivity index is 2.83. The van der Waals surface area contributed by atoms with Gasteiger partial charge in [0.2, 0.25) is 5.95 Å². The topological polar surface area (TPSA) is 64.1 Å². The van der Waals surface area contributed by atoms with Gasteiger partial charge in [-0.3, -0.25) is 5.32 Å². The molecule has 1 aromatic heterocycles. The van der Waals surface area contributed by atoms with E-state index in [1.54, 1.807) is 0 Å². The van der Waals surface area contributed by atoms with E-state index in [4.69, 9.17) is 0 Å². The zero-order chi connectivity index (χ0) is 9.84. The highest BCUT2D eigenvalue weighted by Gasteiger charge is 2.03. The van der Waals surface area contributed by atoms with E-state index in [1.807, 2.05) is 19.9 Å². The maximum absolute atomic E-state index is 10.8. The van der Waals surface area contributed by atoms with Crippen LogP contribution in [0.5, 0.6) is 0 Å². The zero-order valence-electron chi connectivity index (χ0n) is 7.79. The molecule has 0 saturated carbocycles. The van der Waals surface area contributed by atoms with E-state index in [0.29, 0.717) is 0 Å². The normalized spacial score (nSPS) is 9.46. The van der Waals surface area contributed by atoms with E-state index in [-0.39, 0.29) is 5.95 Å². The lowest BCUT2D eigenvalue weighted by atomic mass is 10.4. The van der Waals surface area contributed by atoms with Crippen LogP contribution in [0.4, 0.5) is 10.7 Å². The van der Waals surface area contributed by atoms with E-state index in [0.717, 1.165) is 11.4 Å². The molecule has 0 atom stereocenters. The molecule has 0 fully saturated rings. The Morgan fingerprint density at radius 1 is 1.38 bits per heavy atom. The minimum absolute atomic E-state index is 0.268. The number of nitrogens with zero attached hydrogens (tertiary/aromatic N) is 2. The van der Waals surface area contributed by atoms with Crippen molar-refractivity contribution in [2.45, 2.75) is 13.8 Å². The van der Waals surface area contributed by atoms with Crippen LogP contribution in [0.15, 0.2) is 6.07 Å². The molecule has 0 aromatic carbocycles. The van der Waals surface area contributed by atoms with Crippen LogP contribution >= 0.6 is 0 Å². The van der Waals surface area contributed by atoms with Gasteiger partial charge in [-0.15, -0.1) is 0 Å². The number of carbonyl (C=O) groups excluding carboxylic acids is 1. The van der Waals surface area contributed by atoms with Crippen LogP contribution in [0.2, 0.25) is 0 Å². The molecule has 1 heterocycles. The number of rotatable bonds is 1. The highest BCUT2D eigenvalue weighted by molar-refractivity contribution is 5.81. The summed E-state index contributed by atoms with van der Waals surface area (Å²) in [5.74, 6) is 0.268. The van der Waals surface area contributed by atoms with Crippen LogP contribution in [0.3, 0.4) is 0 Å². The highest BCUT2D eigenvalue weighted by atomic mass is 16.5. The van der Waals surface area contributed by atoms with Crippen LogP contribution in [0, 0.1) is 13.8 Å². The summed E-state index contributed by atoms with van der Waals surface area (Å²) in [5, 5.41) is 2.39. The molecule has 0 unspecified atom stereocenters. The number of ether oxygens (including phenoxy) is 1. The van der Waals surface area contributed by atoms with E-state index >= 15 is 0 Å². The van der Waals surface area contributed by atoms with Gasteiger partial charge in [0.25, 0.3) is 0 Å². The molecular weight excluding hydrogens is 170 g/mol. The Hall–Kier alpha value is -1.65. The Morgan fingerprint density at radius 3 is 2.38 bits per heavy atom. The number of hydrogen-bond donors (Lipinski definition) is 1. The first-order valence-corrected chi connectivity index (χ1v) is 3.79. The summed E-state index contributed by atoms with van der Waals surface area (Å²) < 4.78 is 4.40. The molecular formula is C8H11N3O2. The lowest BCUT2D eigenvalue weighted by molar-refractivity contribution is 0.186. The number of aromatic nitrogens is 2. The molecule has 0 spiro atoms. The third-order valence-electron chi connectivity index (χ3n) is 1.38. The van der Waals surface area contributed by atoms with E-state index in [1.165, 1.54) is 7.11 Å². The molecule has 0 saturated heterocycles. The van der Waals surface area contributed by atoms with E-state index < -0.39 is 6.09 Å². The predicted octanol–water partition coefficient (Wildman–Crippen LogP) is 1.27. The van der Waals surface area contributed by atoms with E-state index in [2.05, 4.69) is 20.0 Å². The van der Waals surface area contributed by atoms with Crippen molar-refractivity contribution in [1.82, 2.24) is 9.97 Å². The Labute approximate surface area is 76.2 Å². The van der Waals surface area contributed by atoms with Crippen LogP contribution in [-0.4, -0.2) is 23.2 Å². The molecule has 0 bridgehead atoms. The second-order valence-electron chi connectivity index (χ2n) is 2.59. The second-order valence-corrected chi connectivity index (χ2v) is 2.59. The van der Waals surface area contributed by atoms with Gasteiger partial charge in [0.05, 0.1) is 7.11 Å². The van der Waals surface area contributed by atoms with Gasteiger partial charge in [0.15, 0.2) is 0 Å². The summed E-state index contributed by atoms with van der Waals surface area (Å²) in [6.45, 7) is 3.66. The number of carbonyl (C=O) groups is 1. The van der Waals surface area contributed by atoms with Gasteiger partial charge in [-0.25, -0.2) is 14.8 Å². The molecule has 13 heavy (non-hydrogen) atoms. The number of amides is 1. The first-order chi connectivity index (χ1) is 6.11. The van der Waals surface area contributed by atoms with Crippen LogP contribution < -0.4 is 5.32 Å². The second kappa shape index (κ2) is 3.84. The first kappa shape index (κ1) is 9.44. The summed E-state index contributed by atoms with van der Waals surface area (Å²) in [6.07, 6.45) is -0.565. The number of methoxy groups -OCH3 is 1. The van der Waals surface area contributed by atoms with Crippen molar-refractivity contribution in [2.75, 3.05) is 12.4 Å². The van der Waals surface area contributed by atoms with Gasteiger partial charge in [-0.1, -0.05) is 0 Å². The van der Waals surface area contributed by atoms with Gasteiger partial charge >= 0.3 is 6.09 Å². The fraction of sp³-hybridized carbons (Fsp3) is 0.375. The maximum atomic E-state index is 10.8. The Kier molecular flexibility index (Phi) is 2.79.